The molecule has 0 amide bonds. The molecule has 0 aliphatic heterocycles. The monoisotopic (exact) mass is 334 g/mol. The molecule has 0 radical (unpaired) electrons. The van der Waals surface area contributed by atoms with E-state index < -0.39 is 0 Å². The summed E-state index contributed by atoms with van der Waals surface area (Å²) >= 11 is 1.60. The normalized spacial score (nSPS) is 11.3. The zero-order valence-electron chi connectivity index (χ0n) is 13.2. The van der Waals surface area contributed by atoms with Crippen LogP contribution in [0, 0.1) is 12.7 Å². The molecule has 23 heavy (non-hydrogen) atoms. The maximum absolute atomic E-state index is 13.1. The zero-order valence-corrected chi connectivity index (χ0v) is 14.0. The Balaban J connectivity index is 1.90. The predicted octanol–water partition coefficient (Wildman–Crippen LogP) is 2.87. The van der Waals surface area contributed by atoms with Gasteiger partial charge in [0.2, 0.25) is 0 Å². The summed E-state index contributed by atoms with van der Waals surface area (Å²) in [5, 5.41) is 14.4. The summed E-state index contributed by atoms with van der Waals surface area (Å²) in [6.45, 7) is 3.43. The first-order chi connectivity index (χ1) is 11.1. The Morgan fingerprint density at radius 1 is 1.30 bits per heavy atom. The highest BCUT2D eigenvalue weighted by atomic mass is 32.1. The lowest BCUT2D eigenvalue weighted by Gasteiger charge is -2.21. The highest BCUT2D eigenvalue weighted by Crippen LogP contribution is 2.31. The van der Waals surface area contributed by atoms with Gasteiger partial charge in [-0.2, -0.15) is 5.10 Å². The number of rotatable bonds is 6. The summed E-state index contributed by atoms with van der Waals surface area (Å²) in [5.41, 5.74) is 2.85. The SMILES string of the molecule is Cc1nn(C)c2nc(N(CCCO)Cc3ccc(F)cc3)sc12. The number of halogens is 1. The number of benzene rings is 1. The molecule has 2 heterocycles. The van der Waals surface area contributed by atoms with Gasteiger partial charge in [-0.05, 0) is 31.0 Å². The number of hydrogen-bond donors (Lipinski definition) is 1. The molecule has 0 aliphatic carbocycles. The Morgan fingerprint density at radius 3 is 2.70 bits per heavy atom. The van der Waals surface area contributed by atoms with Gasteiger partial charge in [0, 0.05) is 26.7 Å². The van der Waals surface area contributed by atoms with Gasteiger partial charge in [-0.25, -0.2) is 14.1 Å². The van der Waals surface area contributed by atoms with Gasteiger partial charge in [0.25, 0.3) is 0 Å². The van der Waals surface area contributed by atoms with Crippen molar-refractivity contribution in [2.24, 2.45) is 7.05 Å². The molecular formula is C16H19FN4OS. The summed E-state index contributed by atoms with van der Waals surface area (Å²) in [6, 6.07) is 6.49. The number of thiazole rings is 1. The van der Waals surface area contributed by atoms with Gasteiger partial charge in [0.05, 0.1) is 10.4 Å². The Hall–Kier alpha value is -1.99. The fourth-order valence-electron chi connectivity index (χ4n) is 2.52. The van der Waals surface area contributed by atoms with Crippen LogP contribution >= 0.6 is 11.3 Å². The van der Waals surface area contributed by atoms with E-state index in [4.69, 9.17) is 5.11 Å². The number of aromatic nitrogens is 3. The van der Waals surface area contributed by atoms with Crippen LogP contribution in [-0.2, 0) is 13.6 Å². The molecule has 122 valence electrons. The molecule has 0 fully saturated rings. The first-order valence-electron chi connectivity index (χ1n) is 7.49. The molecule has 0 bridgehead atoms. The van der Waals surface area contributed by atoms with Crippen LogP contribution < -0.4 is 4.90 Å². The van der Waals surface area contributed by atoms with E-state index >= 15 is 0 Å². The van der Waals surface area contributed by atoms with Crippen LogP contribution in [0.15, 0.2) is 24.3 Å². The maximum Gasteiger partial charge on any atom is 0.188 e. The summed E-state index contributed by atoms with van der Waals surface area (Å²) in [6.07, 6.45) is 0.661. The molecule has 2 aromatic heterocycles. The third-order valence-electron chi connectivity index (χ3n) is 3.68. The molecule has 0 saturated carbocycles. The van der Waals surface area contributed by atoms with Crippen LogP contribution in [0.2, 0.25) is 0 Å². The van der Waals surface area contributed by atoms with Gasteiger partial charge in [-0.3, -0.25) is 0 Å². The second-order valence-corrected chi connectivity index (χ2v) is 6.46. The van der Waals surface area contributed by atoms with E-state index in [-0.39, 0.29) is 12.4 Å². The minimum atomic E-state index is -0.239. The van der Waals surface area contributed by atoms with Crippen molar-refractivity contribution in [3.05, 3.63) is 41.3 Å². The van der Waals surface area contributed by atoms with Crippen molar-refractivity contribution in [1.29, 1.82) is 0 Å². The van der Waals surface area contributed by atoms with Crippen LogP contribution in [0.25, 0.3) is 10.3 Å². The molecule has 5 nitrogen and oxygen atoms in total. The fraction of sp³-hybridized carbons (Fsp3) is 0.375. The molecular weight excluding hydrogens is 315 g/mol. The van der Waals surface area contributed by atoms with Crippen molar-refractivity contribution < 1.29 is 9.50 Å². The van der Waals surface area contributed by atoms with E-state index in [0.717, 1.165) is 26.7 Å². The van der Waals surface area contributed by atoms with Gasteiger partial charge >= 0.3 is 0 Å². The van der Waals surface area contributed by atoms with Gasteiger partial charge in [0.15, 0.2) is 10.8 Å². The molecule has 7 heteroatoms. The minimum Gasteiger partial charge on any atom is -0.396 e. The van der Waals surface area contributed by atoms with Crippen LogP contribution in [0.1, 0.15) is 17.7 Å². The minimum absolute atomic E-state index is 0.130. The average molecular weight is 334 g/mol. The summed E-state index contributed by atoms with van der Waals surface area (Å²) in [5.74, 6) is -0.239. The van der Waals surface area contributed by atoms with Crippen molar-refractivity contribution in [3.63, 3.8) is 0 Å². The van der Waals surface area contributed by atoms with E-state index in [9.17, 15) is 4.39 Å². The van der Waals surface area contributed by atoms with Crippen LogP contribution in [0.3, 0.4) is 0 Å². The van der Waals surface area contributed by atoms with Crippen LogP contribution in [0.5, 0.6) is 0 Å². The molecule has 3 aromatic rings. The van der Waals surface area contributed by atoms with E-state index in [0.29, 0.717) is 19.5 Å². The molecule has 0 atom stereocenters. The Morgan fingerprint density at radius 2 is 2.04 bits per heavy atom. The summed E-state index contributed by atoms with van der Waals surface area (Å²) in [4.78, 5) is 6.81. The maximum atomic E-state index is 13.1. The third-order valence-corrected chi connectivity index (χ3v) is 4.89. The van der Waals surface area contributed by atoms with Gasteiger partial charge < -0.3 is 10.0 Å². The molecule has 0 unspecified atom stereocenters. The van der Waals surface area contributed by atoms with E-state index in [1.165, 1.54) is 12.1 Å². The highest BCUT2D eigenvalue weighted by Gasteiger charge is 2.17. The number of nitrogens with zero attached hydrogens (tertiary/aromatic N) is 4. The second kappa shape index (κ2) is 6.64. The highest BCUT2D eigenvalue weighted by molar-refractivity contribution is 7.22. The van der Waals surface area contributed by atoms with Crippen molar-refractivity contribution in [2.45, 2.75) is 19.9 Å². The largest absolute Gasteiger partial charge is 0.396 e. The lowest BCUT2D eigenvalue weighted by Crippen LogP contribution is -2.24. The number of anilines is 1. The van der Waals surface area contributed by atoms with Gasteiger partial charge in [-0.15, -0.1) is 0 Å². The van der Waals surface area contributed by atoms with E-state index in [1.807, 2.05) is 14.0 Å². The predicted molar refractivity (Wildman–Crippen MR) is 90.3 cm³/mol. The van der Waals surface area contributed by atoms with Crippen LogP contribution in [-0.4, -0.2) is 33.0 Å². The van der Waals surface area contributed by atoms with Crippen molar-refractivity contribution >= 4 is 26.8 Å². The topological polar surface area (TPSA) is 54.2 Å². The number of aliphatic hydroxyl groups is 1. The first kappa shape index (κ1) is 15.9. The Labute approximate surface area is 138 Å². The second-order valence-electron chi connectivity index (χ2n) is 5.48. The lowest BCUT2D eigenvalue weighted by molar-refractivity contribution is 0.289. The van der Waals surface area contributed by atoms with Gasteiger partial charge in [-0.1, -0.05) is 23.5 Å². The van der Waals surface area contributed by atoms with Gasteiger partial charge in [0.1, 0.15) is 5.82 Å². The Kier molecular flexibility index (Phi) is 4.58. The first-order valence-corrected chi connectivity index (χ1v) is 8.30. The zero-order chi connectivity index (χ0) is 16.4. The number of aryl methyl sites for hydroxylation is 2. The summed E-state index contributed by atoms with van der Waals surface area (Å²) in [7, 11) is 1.89. The standard InChI is InChI=1S/C16H19FN4OS/c1-11-14-15(20(2)19-11)18-16(23-14)21(8-3-9-22)10-12-4-6-13(17)7-5-12/h4-7,22H,3,8-10H2,1-2H3. The molecule has 1 aromatic carbocycles. The quantitative estimate of drug-likeness (QED) is 0.753. The van der Waals surface area contributed by atoms with E-state index in [1.54, 1.807) is 28.2 Å². The third kappa shape index (κ3) is 3.35. The average Bonchev–Trinajstić information content (AvgIpc) is 3.08. The smallest absolute Gasteiger partial charge is 0.188 e. The fourth-order valence-corrected chi connectivity index (χ4v) is 3.58. The Bertz CT molecular complexity index is 762. The van der Waals surface area contributed by atoms with Crippen LogP contribution in [0.4, 0.5) is 9.52 Å². The number of hydrogen-bond acceptors (Lipinski definition) is 5. The number of fused-ring (bicyclic) bond motifs is 1. The lowest BCUT2D eigenvalue weighted by atomic mass is 10.2. The molecule has 0 saturated heterocycles. The molecule has 0 aliphatic rings. The van der Waals surface area contributed by atoms with Crippen molar-refractivity contribution in [1.82, 2.24) is 14.8 Å². The molecule has 1 N–H and O–H groups in total. The van der Waals surface area contributed by atoms with Crippen molar-refractivity contribution in [3.8, 4) is 0 Å². The van der Waals surface area contributed by atoms with Crippen molar-refractivity contribution in [2.75, 3.05) is 18.1 Å². The number of aliphatic hydroxyl groups excluding tert-OH is 1. The summed E-state index contributed by atoms with van der Waals surface area (Å²) < 4.78 is 15.9. The van der Waals surface area contributed by atoms with E-state index in [2.05, 4.69) is 15.0 Å². The molecule has 3 rings (SSSR count). The molecule has 0 spiro atoms.